The van der Waals surface area contributed by atoms with E-state index >= 15 is 0 Å². The highest BCUT2D eigenvalue weighted by Crippen LogP contribution is 2.34. The quantitative estimate of drug-likeness (QED) is 0.729. The van der Waals surface area contributed by atoms with Crippen molar-refractivity contribution < 1.29 is 22.4 Å². The van der Waals surface area contributed by atoms with Crippen molar-refractivity contribution in [3.05, 3.63) is 64.7 Å². The number of aryl methyl sites for hydroxylation is 3. The zero-order valence-electron chi connectivity index (χ0n) is 14.4. The molecule has 0 saturated carbocycles. The third-order valence-electron chi connectivity index (χ3n) is 4.45. The van der Waals surface area contributed by atoms with Gasteiger partial charge in [0, 0.05) is 28.9 Å². The lowest BCUT2D eigenvalue weighted by atomic mass is 10.0. The van der Waals surface area contributed by atoms with Gasteiger partial charge in [-0.1, -0.05) is 18.2 Å². The molecule has 2 aromatic heterocycles. The van der Waals surface area contributed by atoms with E-state index in [1.165, 1.54) is 18.3 Å². The van der Waals surface area contributed by atoms with Gasteiger partial charge in [0.2, 0.25) is 0 Å². The van der Waals surface area contributed by atoms with Crippen molar-refractivity contribution in [2.45, 2.75) is 33.0 Å². The summed E-state index contributed by atoms with van der Waals surface area (Å²) in [5, 5.41) is 2.74. The van der Waals surface area contributed by atoms with Crippen LogP contribution in [0.4, 0.5) is 13.2 Å². The van der Waals surface area contributed by atoms with Gasteiger partial charge in [-0.2, -0.15) is 13.2 Å². The average Bonchev–Trinajstić information content (AvgIpc) is 2.93. The minimum Gasteiger partial charge on any atom is -0.450 e. The van der Waals surface area contributed by atoms with Gasteiger partial charge in [0.25, 0.3) is 5.91 Å². The van der Waals surface area contributed by atoms with Crippen LogP contribution in [0.25, 0.3) is 11.0 Å². The lowest BCUT2D eigenvalue weighted by Crippen LogP contribution is -2.38. The molecule has 1 N–H and O–H groups in total. The van der Waals surface area contributed by atoms with Gasteiger partial charge in [-0.05, 0) is 38.0 Å². The van der Waals surface area contributed by atoms with Crippen LogP contribution < -0.4 is 5.32 Å². The van der Waals surface area contributed by atoms with E-state index in [-0.39, 0.29) is 11.3 Å². The molecule has 1 aromatic carbocycles. The van der Waals surface area contributed by atoms with Gasteiger partial charge < -0.3 is 9.73 Å². The van der Waals surface area contributed by atoms with Crippen molar-refractivity contribution in [1.29, 1.82) is 0 Å². The first-order valence-electron chi connectivity index (χ1n) is 7.97. The molecule has 7 heteroatoms. The van der Waals surface area contributed by atoms with E-state index in [2.05, 4.69) is 4.98 Å². The largest absolute Gasteiger partial charge is 0.450 e. The Bertz CT molecular complexity index is 962. The molecule has 3 aromatic rings. The lowest BCUT2D eigenvalue weighted by Gasteiger charge is -2.21. The number of furan rings is 1. The Morgan fingerprint density at radius 1 is 1.15 bits per heavy atom. The van der Waals surface area contributed by atoms with Crippen LogP contribution in [0.3, 0.4) is 0 Å². The van der Waals surface area contributed by atoms with Gasteiger partial charge in [-0.3, -0.25) is 9.78 Å². The summed E-state index contributed by atoms with van der Waals surface area (Å²) in [6.45, 7) is 5.40. The molecule has 0 radical (unpaired) electrons. The zero-order chi connectivity index (χ0) is 19.1. The van der Waals surface area contributed by atoms with E-state index in [0.29, 0.717) is 16.5 Å². The highest BCUT2D eigenvalue weighted by atomic mass is 19.4. The maximum Gasteiger partial charge on any atom is 0.412 e. The Balaban J connectivity index is 2.00. The van der Waals surface area contributed by atoms with E-state index < -0.39 is 18.1 Å². The van der Waals surface area contributed by atoms with Crippen LogP contribution in [-0.4, -0.2) is 17.1 Å². The standard InChI is InChI=1S/C19H17F3N2O2/c1-10-6-7-14-12(3)16(26-15(14)11(10)2)18(25)24-17(19(20,21)22)13-5-4-8-23-9-13/h4-9,17H,1-3H3,(H,24,25). The van der Waals surface area contributed by atoms with E-state index in [9.17, 15) is 18.0 Å². The Morgan fingerprint density at radius 2 is 1.88 bits per heavy atom. The third kappa shape index (κ3) is 3.16. The molecule has 1 amide bonds. The van der Waals surface area contributed by atoms with Crippen LogP contribution in [0.5, 0.6) is 0 Å². The van der Waals surface area contributed by atoms with Crippen molar-refractivity contribution in [2.24, 2.45) is 0 Å². The van der Waals surface area contributed by atoms with Gasteiger partial charge in [-0.15, -0.1) is 0 Å². The normalized spacial score (nSPS) is 13.0. The molecule has 1 atom stereocenters. The van der Waals surface area contributed by atoms with Gasteiger partial charge in [0.1, 0.15) is 5.58 Å². The topological polar surface area (TPSA) is 55.1 Å². The van der Waals surface area contributed by atoms with Crippen molar-refractivity contribution in [1.82, 2.24) is 10.3 Å². The molecule has 0 spiro atoms. The summed E-state index contributed by atoms with van der Waals surface area (Å²) in [5.74, 6) is -1.03. The molecule has 26 heavy (non-hydrogen) atoms. The molecular formula is C19H17F3N2O2. The fourth-order valence-electron chi connectivity index (χ4n) is 2.83. The van der Waals surface area contributed by atoms with Gasteiger partial charge in [-0.25, -0.2) is 0 Å². The van der Waals surface area contributed by atoms with Crippen LogP contribution in [0.1, 0.15) is 38.9 Å². The molecule has 4 nitrogen and oxygen atoms in total. The van der Waals surface area contributed by atoms with Crippen molar-refractivity contribution >= 4 is 16.9 Å². The molecule has 1 unspecified atom stereocenters. The Kier molecular flexibility index (Phi) is 4.48. The number of halogens is 3. The molecular weight excluding hydrogens is 345 g/mol. The van der Waals surface area contributed by atoms with Crippen LogP contribution in [0.15, 0.2) is 41.1 Å². The van der Waals surface area contributed by atoms with E-state index in [0.717, 1.165) is 17.3 Å². The monoisotopic (exact) mass is 362 g/mol. The first kappa shape index (κ1) is 18.0. The van der Waals surface area contributed by atoms with Gasteiger partial charge in [0.15, 0.2) is 11.8 Å². The molecule has 0 aliphatic carbocycles. The number of benzene rings is 1. The summed E-state index contributed by atoms with van der Waals surface area (Å²) in [4.78, 5) is 16.2. The number of alkyl halides is 3. The number of amides is 1. The summed E-state index contributed by atoms with van der Waals surface area (Å²) in [6, 6.07) is 4.17. The number of carbonyl (C=O) groups excluding carboxylic acids is 1. The maximum atomic E-state index is 13.4. The fraction of sp³-hybridized carbons (Fsp3) is 0.263. The first-order valence-corrected chi connectivity index (χ1v) is 7.97. The highest BCUT2D eigenvalue weighted by molar-refractivity contribution is 5.99. The number of hydrogen-bond acceptors (Lipinski definition) is 3. The summed E-state index contributed by atoms with van der Waals surface area (Å²) in [7, 11) is 0. The Labute approximate surface area is 148 Å². The number of nitrogens with zero attached hydrogens (tertiary/aromatic N) is 1. The minimum absolute atomic E-state index is 0.119. The van der Waals surface area contributed by atoms with E-state index in [1.807, 2.05) is 25.2 Å². The molecule has 0 aliphatic heterocycles. The number of hydrogen-bond donors (Lipinski definition) is 1. The van der Waals surface area contributed by atoms with E-state index in [1.54, 1.807) is 13.0 Å². The van der Waals surface area contributed by atoms with Crippen molar-refractivity contribution in [3.8, 4) is 0 Å². The summed E-state index contributed by atoms with van der Waals surface area (Å²) < 4.78 is 45.9. The number of carbonyl (C=O) groups is 1. The maximum absolute atomic E-state index is 13.4. The Morgan fingerprint density at radius 3 is 2.50 bits per heavy atom. The molecule has 136 valence electrons. The van der Waals surface area contributed by atoms with Crippen LogP contribution in [-0.2, 0) is 0 Å². The number of pyridine rings is 1. The highest BCUT2D eigenvalue weighted by Gasteiger charge is 2.42. The number of nitrogens with one attached hydrogen (secondary N) is 1. The number of rotatable bonds is 3. The van der Waals surface area contributed by atoms with Crippen LogP contribution >= 0.6 is 0 Å². The molecule has 0 saturated heterocycles. The third-order valence-corrected chi connectivity index (χ3v) is 4.45. The van der Waals surface area contributed by atoms with Crippen LogP contribution in [0.2, 0.25) is 0 Å². The summed E-state index contributed by atoms with van der Waals surface area (Å²) >= 11 is 0. The van der Waals surface area contributed by atoms with Crippen molar-refractivity contribution in [3.63, 3.8) is 0 Å². The smallest absolute Gasteiger partial charge is 0.412 e. The average molecular weight is 362 g/mol. The SMILES string of the molecule is Cc1ccc2c(C)c(C(=O)NC(c3cccnc3)C(F)(F)F)oc2c1C. The number of aromatic nitrogens is 1. The molecule has 3 rings (SSSR count). The second-order valence-electron chi connectivity index (χ2n) is 6.17. The molecule has 0 fully saturated rings. The first-order chi connectivity index (χ1) is 12.2. The Hall–Kier alpha value is -2.83. The van der Waals surface area contributed by atoms with Gasteiger partial charge >= 0.3 is 6.18 Å². The van der Waals surface area contributed by atoms with Gasteiger partial charge in [0.05, 0.1) is 0 Å². The van der Waals surface area contributed by atoms with E-state index in [4.69, 9.17) is 4.42 Å². The molecule has 0 aliphatic rings. The fourth-order valence-corrected chi connectivity index (χ4v) is 2.83. The zero-order valence-corrected chi connectivity index (χ0v) is 14.4. The number of fused-ring (bicyclic) bond motifs is 1. The predicted octanol–water partition coefficient (Wildman–Crippen LogP) is 4.79. The van der Waals surface area contributed by atoms with Crippen molar-refractivity contribution in [2.75, 3.05) is 0 Å². The van der Waals surface area contributed by atoms with Crippen LogP contribution in [0, 0.1) is 20.8 Å². The summed E-state index contributed by atoms with van der Waals surface area (Å²) in [6.07, 6.45) is -2.21. The second kappa shape index (κ2) is 6.48. The predicted molar refractivity (Wildman–Crippen MR) is 90.9 cm³/mol. The molecule has 2 heterocycles. The summed E-state index contributed by atoms with van der Waals surface area (Å²) in [5.41, 5.74) is 2.70. The second-order valence-corrected chi connectivity index (χ2v) is 6.17. The minimum atomic E-state index is -4.66. The lowest BCUT2D eigenvalue weighted by molar-refractivity contribution is -0.155. The molecule has 0 bridgehead atoms.